The SMILES string of the molecule is COc1cc(-c2ccccc2)sc1C(=O)NCCc1nc2ccccc2[nH]1. The molecule has 0 radical (unpaired) electrons. The molecule has 0 saturated carbocycles. The number of hydrogen-bond donors (Lipinski definition) is 2. The van der Waals surface area contributed by atoms with Crippen molar-refractivity contribution in [2.24, 2.45) is 0 Å². The number of hydrogen-bond acceptors (Lipinski definition) is 4. The smallest absolute Gasteiger partial charge is 0.265 e. The molecule has 136 valence electrons. The molecule has 0 unspecified atom stereocenters. The van der Waals surface area contributed by atoms with Gasteiger partial charge in [-0.05, 0) is 23.8 Å². The Hall–Kier alpha value is -3.12. The molecule has 27 heavy (non-hydrogen) atoms. The van der Waals surface area contributed by atoms with Gasteiger partial charge in [-0.1, -0.05) is 42.5 Å². The lowest BCUT2D eigenvalue weighted by atomic mass is 10.2. The van der Waals surface area contributed by atoms with Gasteiger partial charge in [0.1, 0.15) is 16.5 Å². The van der Waals surface area contributed by atoms with Gasteiger partial charge in [0.05, 0.1) is 18.1 Å². The standard InChI is InChI=1S/C21H19N3O2S/c1-26-17-13-18(14-7-3-2-4-8-14)27-20(17)21(25)22-12-11-19-23-15-9-5-6-10-16(15)24-19/h2-10,13H,11-12H2,1H3,(H,22,25)(H,23,24). The third kappa shape index (κ3) is 3.71. The zero-order chi connectivity index (χ0) is 18.6. The molecule has 2 heterocycles. The van der Waals surface area contributed by atoms with E-state index in [-0.39, 0.29) is 5.91 Å². The lowest BCUT2D eigenvalue weighted by molar-refractivity contribution is 0.0955. The van der Waals surface area contributed by atoms with Crippen molar-refractivity contribution in [2.45, 2.75) is 6.42 Å². The number of ether oxygens (including phenoxy) is 1. The summed E-state index contributed by atoms with van der Waals surface area (Å²) < 4.78 is 5.40. The van der Waals surface area contributed by atoms with Crippen molar-refractivity contribution in [1.29, 1.82) is 0 Å². The Morgan fingerprint density at radius 1 is 1.15 bits per heavy atom. The van der Waals surface area contributed by atoms with Crippen LogP contribution >= 0.6 is 11.3 Å². The van der Waals surface area contributed by atoms with Crippen molar-refractivity contribution in [2.75, 3.05) is 13.7 Å². The van der Waals surface area contributed by atoms with E-state index in [2.05, 4.69) is 15.3 Å². The first-order chi connectivity index (χ1) is 13.2. The van der Waals surface area contributed by atoms with E-state index < -0.39 is 0 Å². The molecule has 6 heteroatoms. The summed E-state index contributed by atoms with van der Waals surface area (Å²) in [6, 6.07) is 19.8. The minimum Gasteiger partial charge on any atom is -0.495 e. The van der Waals surface area contributed by atoms with Gasteiger partial charge in [0.25, 0.3) is 5.91 Å². The number of carbonyl (C=O) groups is 1. The number of thiophene rings is 1. The lowest BCUT2D eigenvalue weighted by Crippen LogP contribution is -2.25. The predicted molar refractivity (Wildman–Crippen MR) is 108 cm³/mol. The normalized spacial score (nSPS) is 10.9. The third-order valence-corrected chi connectivity index (χ3v) is 5.43. The molecule has 0 spiro atoms. The van der Waals surface area contributed by atoms with Crippen molar-refractivity contribution in [1.82, 2.24) is 15.3 Å². The maximum Gasteiger partial charge on any atom is 0.265 e. The third-order valence-electron chi connectivity index (χ3n) is 4.27. The van der Waals surface area contributed by atoms with Crippen LogP contribution < -0.4 is 10.1 Å². The fraction of sp³-hybridized carbons (Fsp3) is 0.143. The van der Waals surface area contributed by atoms with E-state index in [0.717, 1.165) is 27.3 Å². The molecule has 4 aromatic rings. The van der Waals surface area contributed by atoms with Crippen molar-refractivity contribution >= 4 is 28.3 Å². The number of carbonyl (C=O) groups excluding carboxylic acids is 1. The molecular formula is C21H19N3O2S. The Balaban J connectivity index is 1.44. The summed E-state index contributed by atoms with van der Waals surface area (Å²) in [5, 5.41) is 2.96. The van der Waals surface area contributed by atoms with E-state index in [1.807, 2.05) is 60.7 Å². The minimum absolute atomic E-state index is 0.129. The second-order valence-corrected chi connectivity index (χ2v) is 7.13. The number of para-hydroxylation sites is 2. The zero-order valence-corrected chi connectivity index (χ0v) is 15.7. The van der Waals surface area contributed by atoms with E-state index in [4.69, 9.17) is 4.74 Å². The second-order valence-electron chi connectivity index (χ2n) is 6.08. The number of amides is 1. The molecule has 0 aliphatic heterocycles. The molecule has 2 aromatic heterocycles. The van der Waals surface area contributed by atoms with Gasteiger partial charge in [-0.3, -0.25) is 4.79 Å². The highest BCUT2D eigenvalue weighted by Crippen LogP contribution is 2.36. The lowest BCUT2D eigenvalue weighted by Gasteiger charge is -2.04. The van der Waals surface area contributed by atoms with Gasteiger partial charge in [-0.2, -0.15) is 0 Å². The Morgan fingerprint density at radius 3 is 2.70 bits per heavy atom. The van der Waals surface area contributed by atoms with Crippen LogP contribution in [0.5, 0.6) is 5.75 Å². The minimum atomic E-state index is -0.129. The first kappa shape index (κ1) is 17.3. The monoisotopic (exact) mass is 377 g/mol. The number of fused-ring (bicyclic) bond motifs is 1. The highest BCUT2D eigenvalue weighted by atomic mass is 32.1. The van der Waals surface area contributed by atoms with Crippen LogP contribution in [-0.4, -0.2) is 29.5 Å². The molecule has 0 saturated heterocycles. The molecule has 5 nitrogen and oxygen atoms in total. The van der Waals surface area contributed by atoms with E-state index in [9.17, 15) is 4.79 Å². The highest BCUT2D eigenvalue weighted by molar-refractivity contribution is 7.17. The summed E-state index contributed by atoms with van der Waals surface area (Å²) in [5.74, 6) is 1.33. The number of benzene rings is 2. The average molecular weight is 377 g/mol. The first-order valence-electron chi connectivity index (χ1n) is 8.69. The number of H-pyrrole nitrogens is 1. The summed E-state index contributed by atoms with van der Waals surface area (Å²) in [6.45, 7) is 0.500. The average Bonchev–Trinajstić information content (AvgIpc) is 3.32. The number of rotatable bonds is 6. The molecule has 0 atom stereocenters. The molecule has 0 bridgehead atoms. The van der Waals surface area contributed by atoms with Crippen molar-refractivity contribution in [3.63, 3.8) is 0 Å². The van der Waals surface area contributed by atoms with Gasteiger partial charge < -0.3 is 15.0 Å². The highest BCUT2D eigenvalue weighted by Gasteiger charge is 2.17. The van der Waals surface area contributed by atoms with Crippen molar-refractivity contribution in [3.8, 4) is 16.2 Å². The summed E-state index contributed by atoms with van der Waals surface area (Å²) in [6.07, 6.45) is 0.639. The van der Waals surface area contributed by atoms with Crippen LogP contribution in [0.2, 0.25) is 0 Å². The Kier molecular flexibility index (Phi) is 4.89. The van der Waals surface area contributed by atoms with Crippen LogP contribution in [0.15, 0.2) is 60.7 Å². The first-order valence-corrected chi connectivity index (χ1v) is 9.51. The maximum absolute atomic E-state index is 12.6. The summed E-state index contributed by atoms with van der Waals surface area (Å²) in [7, 11) is 1.59. The number of nitrogens with one attached hydrogen (secondary N) is 2. The van der Waals surface area contributed by atoms with Crippen LogP contribution in [0.1, 0.15) is 15.5 Å². The molecule has 2 aromatic carbocycles. The molecule has 4 rings (SSSR count). The van der Waals surface area contributed by atoms with Crippen LogP contribution in [0.25, 0.3) is 21.5 Å². The van der Waals surface area contributed by atoms with Crippen LogP contribution in [0.4, 0.5) is 0 Å². The van der Waals surface area contributed by atoms with Gasteiger partial charge in [-0.15, -0.1) is 11.3 Å². The number of nitrogens with zero attached hydrogens (tertiary/aromatic N) is 1. The second kappa shape index (κ2) is 7.63. The van der Waals surface area contributed by atoms with Gasteiger partial charge in [0, 0.05) is 17.8 Å². The molecule has 0 fully saturated rings. The topological polar surface area (TPSA) is 67.0 Å². The molecule has 2 N–H and O–H groups in total. The summed E-state index contributed by atoms with van der Waals surface area (Å²) >= 11 is 1.43. The largest absolute Gasteiger partial charge is 0.495 e. The van der Waals surface area contributed by atoms with E-state index >= 15 is 0 Å². The van der Waals surface area contributed by atoms with Crippen molar-refractivity contribution < 1.29 is 9.53 Å². The fourth-order valence-corrected chi connectivity index (χ4v) is 3.98. The Labute approximate surface area is 161 Å². The number of methoxy groups -OCH3 is 1. The Bertz CT molecular complexity index is 1040. The van der Waals surface area contributed by atoms with Crippen LogP contribution in [-0.2, 0) is 6.42 Å². The van der Waals surface area contributed by atoms with E-state index in [1.165, 1.54) is 11.3 Å². The zero-order valence-electron chi connectivity index (χ0n) is 14.9. The molecular weight excluding hydrogens is 358 g/mol. The van der Waals surface area contributed by atoms with E-state index in [1.54, 1.807) is 7.11 Å². The number of imidazole rings is 1. The molecule has 0 aliphatic rings. The van der Waals surface area contributed by atoms with Crippen molar-refractivity contribution in [3.05, 3.63) is 71.4 Å². The molecule has 0 aliphatic carbocycles. The molecule has 1 amide bonds. The van der Waals surface area contributed by atoms with E-state index in [0.29, 0.717) is 23.6 Å². The quantitative estimate of drug-likeness (QED) is 0.527. The van der Waals surface area contributed by atoms with Crippen LogP contribution in [0, 0.1) is 0 Å². The summed E-state index contributed by atoms with van der Waals surface area (Å²) in [4.78, 5) is 22.0. The maximum atomic E-state index is 12.6. The summed E-state index contributed by atoms with van der Waals surface area (Å²) in [5.41, 5.74) is 3.01. The van der Waals surface area contributed by atoms with Gasteiger partial charge >= 0.3 is 0 Å². The number of aromatic amines is 1. The van der Waals surface area contributed by atoms with Crippen LogP contribution in [0.3, 0.4) is 0 Å². The van der Waals surface area contributed by atoms with Gasteiger partial charge in [0.15, 0.2) is 0 Å². The van der Waals surface area contributed by atoms with Gasteiger partial charge in [0.2, 0.25) is 0 Å². The predicted octanol–water partition coefficient (Wildman–Crippen LogP) is 4.27. The fourth-order valence-electron chi connectivity index (χ4n) is 2.93. The van der Waals surface area contributed by atoms with Gasteiger partial charge in [-0.25, -0.2) is 4.98 Å². The number of aromatic nitrogens is 2. The Morgan fingerprint density at radius 2 is 1.93 bits per heavy atom.